The van der Waals surface area contributed by atoms with E-state index in [0.717, 1.165) is 37.4 Å². The standard InChI is InChI=1S/C16H24N2O3S/c1-12-8-13(4-5-16(12)21-2)9-17-7-6-14-10-18(15(14)11-17)22(3,19)20/h4-5,8,14-15H,6-7,9-11H2,1-3H3/t14-,15-/m1/s1. The molecule has 0 radical (unpaired) electrons. The molecule has 2 aliphatic rings. The quantitative estimate of drug-likeness (QED) is 0.841. The highest BCUT2D eigenvalue weighted by Crippen LogP contribution is 2.34. The Labute approximate surface area is 132 Å². The third-order valence-corrected chi connectivity index (χ3v) is 6.15. The van der Waals surface area contributed by atoms with E-state index < -0.39 is 10.0 Å². The summed E-state index contributed by atoms with van der Waals surface area (Å²) in [5.74, 6) is 1.45. The number of ether oxygens (including phenoxy) is 1. The lowest BCUT2D eigenvalue weighted by molar-refractivity contribution is 0.0110. The zero-order chi connectivity index (χ0) is 15.9. The minimum Gasteiger partial charge on any atom is -0.496 e. The van der Waals surface area contributed by atoms with Crippen molar-refractivity contribution in [3.05, 3.63) is 29.3 Å². The number of benzene rings is 1. The van der Waals surface area contributed by atoms with Gasteiger partial charge in [0.2, 0.25) is 10.0 Å². The first-order chi connectivity index (χ1) is 10.4. The number of hydrogen-bond acceptors (Lipinski definition) is 4. The molecule has 1 aromatic rings. The second kappa shape index (κ2) is 5.83. The number of nitrogens with zero attached hydrogens (tertiary/aromatic N) is 2. The van der Waals surface area contributed by atoms with E-state index in [0.29, 0.717) is 12.5 Å². The molecule has 22 heavy (non-hydrogen) atoms. The second-order valence-corrected chi connectivity index (χ2v) is 8.42. The summed E-state index contributed by atoms with van der Waals surface area (Å²) in [7, 11) is -1.37. The van der Waals surface area contributed by atoms with Gasteiger partial charge in [-0.3, -0.25) is 4.90 Å². The number of methoxy groups -OCH3 is 1. The van der Waals surface area contributed by atoms with E-state index in [9.17, 15) is 8.42 Å². The number of rotatable bonds is 4. The minimum atomic E-state index is -3.06. The highest BCUT2D eigenvalue weighted by atomic mass is 32.2. The predicted octanol–water partition coefficient (Wildman–Crippen LogP) is 1.47. The van der Waals surface area contributed by atoms with Crippen molar-refractivity contribution in [3.63, 3.8) is 0 Å². The van der Waals surface area contributed by atoms with Gasteiger partial charge in [0.15, 0.2) is 0 Å². The average Bonchev–Trinajstić information content (AvgIpc) is 2.40. The van der Waals surface area contributed by atoms with Gasteiger partial charge < -0.3 is 4.74 Å². The van der Waals surface area contributed by atoms with Crippen molar-refractivity contribution in [3.8, 4) is 5.75 Å². The fraction of sp³-hybridized carbons (Fsp3) is 0.625. The Morgan fingerprint density at radius 3 is 2.73 bits per heavy atom. The molecule has 2 aliphatic heterocycles. The molecule has 3 rings (SSSR count). The van der Waals surface area contributed by atoms with Crippen LogP contribution >= 0.6 is 0 Å². The van der Waals surface area contributed by atoms with Gasteiger partial charge in [-0.15, -0.1) is 0 Å². The topological polar surface area (TPSA) is 49.9 Å². The van der Waals surface area contributed by atoms with Crippen molar-refractivity contribution in [2.24, 2.45) is 5.92 Å². The maximum Gasteiger partial charge on any atom is 0.211 e. The number of fused-ring (bicyclic) bond motifs is 1. The number of sulfonamides is 1. The number of aryl methyl sites for hydroxylation is 1. The summed E-state index contributed by atoms with van der Waals surface area (Å²) in [5, 5.41) is 0. The molecule has 0 aromatic heterocycles. The molecule has 2 saturated heterocycles. The van der Waals surface area contributed by atoms with Gasteiger partial charge in [-0.05, 0) is 43.0 Å². The molecule has 2 fully saturated rings. The van der Waals surface area contributed by atoms with Crippen LogP contribution in [0.4, 0.5) is 0 Å². The molecule has 0 amide bonds. The Kier molecular flexibility index (Phi) is 4.18. The fourth-order valence-electron chi connectivity index (χ4n) is 3.64. The van der Waals surface area contributed by atoms with Crippen LogP contribution in [0.15, 0.2) is 18.2 Å². The summed E-state index contributed by atoms with van der Waals surface area (Å²) in [6, 6.07) is 6.42. The third kappa shape index (κ3) is 3.00. The minimum absolute atomic E-state index is 0.170. The summed E-state index contributed by atoms with van der Waals surface area (Å²) in [6.07, 6.45) is 2.40. The first-order valence-electron chi connectivity index (χ1n) is 7.71. The molecule has 0 spiro atoms. The van der Waals surface area contributed by atoms with Crippen molar-refractivity contribution in [2.45, 2.75) is 25.9 Å². The molecule has 0 unspecified atom stereocenters. The molecular weight excluding hydrogens is 300 g/mol. The molecule has 0 bridgehead atoms. The van der Waals surface area contributed by atoms with E-state index in [1.54, 1.807) is 11.4 Å². The van der Waals surface area contributed by atoms with Crippen LogP contribution in [0.25, 0.3) is 0 Å². The maximum absolute atomic E-state index is 11.7. The largest absolute Gasteiger partial charge is 0.496 e. The smallest absolute Gasteiger partial charge is 0.211 e. The zero-order valence-corrected chi connectivity index (χ0v) is 14.3. The predicted molar refractivity (Wildman–Crippen MR) is 86.5 cm³/mol. The average molecular weight is 324 g/mol. The van der Waals surface area contributed by atoms with E-state index in [2.05, 4.69) is 17.0 Å². The molecule has 0 N–H and O–H groups in total. The molecule has 2 atom stereocenters. The molecule has 0 saturated carbocycles. The Morgan fingerprint density at radius 2 is 2.09 bits per heavy atom. The van der Waals surface area contributed by atoms with Crippen molar-refractivity contribution in [1.82, 2.24) is 9.21 Å². The Bertz CT molecular complexity index is 659. The second-order valence-electron chi connectivity index (χ2n) is 6.49. The van der Waals surface area contributed by atoms with Crippen LogP contribution in [0, 0.1) is 12.8 Å². The van der Waals surface area contributed by atoms with Gasteiger partial charge in [0.1, 0.15) is 5.75 Å². The van der Waals surface area contributed by atoms with E-state index in [-0.39, 0.29) is 6.04 Å². The van der Waals surface area contributed by atoms with Gasteiger partial charge in [-0.1, -0.05) is 12.1 Å². The fourth-order valence-corrected chi connectivity index (χ4v) is 4.83. The maximum atomic E-state index is 11.7. The summed E-state index contributed by atoms with van der Waals surface area (Å²) in [4.78, 5) is 2.36. The molecule has 0 aliphatic carbocycles. The lowest BCUT2D eigenvalue weighted by Gasteiger charge is -2.52. The Morgan fingerprint density at radius 1 is 1.32 bits per heavy atom. The first kappa shape index (κ1) is 15.8. The number of piperidine rings is 1. The van der Waals surface area contributed by atoms with Gasteiger partial charge in [0, 0.05) is 25.7 Å². The van der Waals surface area contributed by atoms with Crippen molar-refractivity contribution in [2.75, 3.05) is 33.0 Å². The monoisotopic (exact) mass is 324 g/mol. The van der Waals surface area contributed by atoms with Crippen LogP contribution in [0.5, 0.6) is 5.75 Å². The van der Waals surface area contributed by atoms with Crippen molar-refractivity contribution >= 4 is 10.0 Å². The van der Waals surface area contributed by atoms with Gasteiger partial charge >= 0.3 is 0 Å². The molecular formula is C16H24N2O3S. The number of hydrogen-bond donors (Lipinski definition) is 0. The van der Waals surface area contributed by atoms with Crippen LogP contribution in [0.3, 0.4) is 0 Å². The highest BCUT2D eigenvalue weighted by molar-refractivity contribution is 7.88. The molecule has 1 aromatic carbocycles. The third-order valence-electron chi connectivity index (χ3n) is 4.88. The Hall–Kier alpha value is -1.11. The van der Waals surface area contributed by atoms with Crippen molar-refractivity contribution < 1.29 is 13.2 Å². The SMILES string of the molecule is COc1ccc(CN2CC[C@@H]3CN(S(C)(=O)=O)[C@@H]3C2)cc1C. The van der Waals surface area contributed by atoms with Crippen molar-refractivity contribution in [1.29, 1.82) is 0 Å². The van der Waals surface area contributed by atoms with Gasteiger partial charge in [0.05, 0.1) is 13.4 Å². The van der Waals surface area contributed by atoms with Crippen LogP contribution in [0.2, 0.25) is 0 Å². The highest BCUT2D eigenvalue weighted by Gasteiger charge is 2.46. The van der Waals surface area contributed by atoms with Crippen LogP contribution in [-0.4, -0.2) is 56.7 Å². The van der Waals surface area contributed by atoms with E-state index >= 15 is 0 Å². The van der Waals surface area contributed by atoms with Crippen LogP contribution in [0.1, 0.15) is 17.5 Å². The van der Waals surface area contributed by atoms with Gasteiger partial charge in [0.25, 0.3) is 0 Å². The lowest BCUT2D eigenvalue weighted by Crippen LogP contribution is -2.65. The summed E-state index contributed by atoms with van der Waals surface area (Å²) < 4.78 is 30.4. The summed E-state index contributed by atoms with van der Waals surface area (Å²) >= 11 is 0. The van der Waals surface area contributed by atoms with Crippen LogP contribution < -0.4 is 4.74 Å². The normalized spacial score (nSPS) is 26.3. The molecule has 2 heterocycles. The number of likely N-dealkylation sites (tertiary alicyclic amines) is 1. The van der Waals surface area contributed by atoms with Gasteiger partial charge in [-0.2, -0.15) is 4.31 Å². The molecule has 5 nitrogen and oxygen atoms in total. The first-order valence-corrected chi connectivity index (χ1v) is 9.56. The van der Waals surface area contributed by atoms with Gasteiger partial charge in [-0.25, -0.2) is 8.42 Å². The Balaban J connectivity index is 1.66. The summed E-state index contributed by atoms with van der Waals surface area (Å²) in [6.45, 7) is 5.50. The van der Waals surface area contributed by atoms with E-state index in [1.165, 1.54) is 11.8 Å². The zero-order valence-electron chi connectivity index (χ0n) is 13.4. The summed E-state index contributed by atoms with van der Waals surface area (Å²) in [5.41, 5.74) is 2.39. The van der Waals surface area contributed by atoms with Crippen LogP contribution in [-0.2, 0) is 16.6 Å². The molecule has 122 valence electrons. The van der Waals surface area contributed by atoms with E-state index in [1.807, 2.05) is 13.0 Å². The van der Waals surface area contributed by atoms with E-state index in [4.69, 9.17) is 4.74 Å². The lowest BCUT2D eigenvalue weighted by atomic mass is 9.84. The molecule has 6 heteroatoms.